The van der Waals surface area contributed by atoms with E-state index in [-0.39, 0.29) is 6.71 Å². The second-order valence-electron chi connectivity index (χ2n) is 15.6. The fraction of sp³-hybridized carbons (Fsp3) is 0. The smallest absolute Gasteiger partial charge is 0.260 e. The molecule has 0 N–H and O–H groups in total. The van der Waals surface area contributed by atoms with Crippen molar-refractivity contribution in [2.75, 3.05) is 4.90 Å². The SMILES string of the molecule is c1ccc(N(c2ccccc2)c2cc3c4c(c2)Oc2cc(-c5ccc6c(c5)oc5ccccc56)ccc2B4c2ccc(-c4ccc5c(c4)oc4ccccc45)cc2O3)cc1. The summed E-state index contributed by atoms with van der Waals surface area (Å²) in [5.41, 5.74) is 13.9. The van der Waals surface area contributed by atoms with Gasteiger partial charge in [0, 0.05) is 50.5 Å². The third-order valence-corrected chi connectivity index (χ3v) is 12.2. The molecule has 2 aliphatic heterocycles. The van der Waals surface area contributed by atoms with Crippen molar-refractivity contribution in [2.45, 2.75) is 0 Å². The minimum Gasteiger partial charge on any atom is -0.458 e. The van der Waals surface area contributed by atoms with Gasteiger partial charge in [-0.05, 0) is 106 Å². The van der Waals surface area contributed by atoms with Gasteiger partial charge in [0.25, 0.3) is 6.71 Å². The summed E-state index contributed by atoms with van der Waals surface area (Å²) in [4.78, 5) is 2.25. The number of anilines is 3. The van der Waals surface area contributed by atoms with Gasteiger partial charge in [-0.15, -0.1) is 0 Å². The molecule has 6 heteroatoms. The van der Waals surface area contributed by atoms with Crippen LogP contribution in [0.2, 0.25) is 0 Å². The molecule has 0 aliphatic carbocycles. The van der Waals surface area contributed by atoms with Gasteiger partial charge in [0.1, 0.15) is 45.3 Å². The van der Waals surface area contributed by atoms with E-state index in [9.17, 15) is 0 Å². The second kappa shape index (κ2) is 12.8. The van der Waals surface area contributed by atoms with Gasteiger partial charge >= 0.3 is 0 Å². The Hall–Kier alpha value is -7.96. The number of hydrogen-bond acceptors (Lipinski definition) is 5. The van der Waals surface area contributed by atoms with Gasteiger partial charge in [0.15, 0.2) is 0 Å². The molecule has 0 amide bonds. The van der Waals surface area contributed by atoms with Gasteiger partial charge < -0.3 is 23.2 Å². The molecule has 280 valence electrons. The van der Waals surface area contributed by atoms with Crippen molar-refractivity contribution in [3.8, 4) is 45.3 Å². The zero-order valence-corrected chi connectivity index (χ0v) is 32.1. The first-order valence-electron chi connectivity index (χ1n) is 20.3. The zero-order valence-electron chi connectivity index (χ0n) is 32.1. The summed E-state index contributed by atoms with van der Waals surface area (Å²) in [7, 11) is 0. The largest absolute Gasteiger partial charge is 0.458 e. The first-order chi connectivity index (χ1) is 29.7. The van der Waals surface area contributed by atoms with Crippen molar-refractivity contribution in [1.29, 1.82) is 0 Å². The van der Waals surface area contributed by atoms with Gasteiger partial charge in [0.05, 0.1) is 5.69 Å². The molecule has 5 nitrogen and oxygen atoms in total. The average Bonchev–Trinajstić information content (AvgIpc) is 3.87. The van der Waals surface area contributed by atoms with Crippen molar-refractivity contribution < 1.29 is 18.3 Å². The number of fused-ring (bicyclic) bond motifs is 10. The van der Waals surface area contributed by atoms with Crippen LogP contribution >= 0.6 is 0 Å². The van der Waals surface area contributed by atoms with Crippen LogP contribution in [0.25, 0.3) is 66.1 Å². The zero-order chi connectivity index (χ0) is 39.3. The predicted octanol–water partition coefficient (Wildman–Crippen LogP) is 13.0. The lowest BCUT2D eigenvalue weighted by atomic mass is 9.34. The number of benzene rings is 9. The normalized spacial score (nSPS) is 12.6. The van der Waals surface area contributed by atoms with Crippen LogP contribution in [0.1, 0.15) is 0 Å². The molecule has 0 radical (unpaired) electrons. The molecule has 0 bridgehead atoms. The Kier molecular flexibility index (Phi) is 7.04. The molecule has 0 fully saturated rings. The molecule has 4 heterocycles. The first-order valence-corrected chi connectivity index (χ1v) is 20.3. The van der Waals surface area contributed by atoms with Gasteiger partial charge in [-0.2, -0.15) is 0 Å². The number of furan rings is 2. The quantitative estimate of drug-likeness (QED) is 0.163. The van der Waals surface area contributed by atoms with Crippen LogP contribution < -0.4 is 30.8 Å². The van der Waals surface area contributed by atoms with Crippen molar-refractivity contribution >= 4 is 84.0 Å². The molecular weight excluding hydrogens is 737 g/mol. The average molecular weight is 770 g/mol. The summed E-state index contributed by atoms with van der Waals surface area (Å²) in [5.74, 6) is 3.17. The van der Waals surface area contributed by atoms with E-state index in [1.54, 1.807) is 0 Å². The van der Waals surface area contributed by atoms with Crippen molar-refractivity contribution in [3.05, 3.63) is 194 Å². The Bertz CT molecular complexity index is 3290. The molecule has 2 aromatic heterocycles. The van der Waals surface area contributed by atoms with Crippen LogP contribution in [-0.4, -0.2) is 6.71 Å². The molecule has 0 spiro atoms. The summed E-state index contributed by atoms with van der Waals surface area (Å²) in [5, 5.41) is 4.45. The minimum absolute atomic E-state index is 0.114. The van der Waals surface area contributed by atoms with E-state index < -0.39 is 0 Å². The molecular formula is C54H32BNO4. The van der Waals surface area contributed by atoms with Gasteiger partial charge in [-0.3, -0.25) is 0 Å². The molecule has 0 unspecified atom stereocenters. The maximum atomic E-state index is 7.02. The molecule has 13 rings (SSSR count). The molecule has 0 atom stereocenters. The van der Waals surface area contributed by atoms with Gasteiger partial charge in [-0.25, -0.2) is 0 Å². The summed E-state index contributed by atoms with van der Waals surface area (Å²) in [6, 6.07) is 67.7. The summed E-state index contributed by atoms with van der Waals surface area (Å²) in [6.45, 7) is -0.114. The van der Waals surface area contributed by atoms with Gasteiger partial charge in [0.2, 0.25) is 0 Å². The Morgan fingerprint density at radius 1 is 0.317 bits per heavy atom. The third-order valence-electron chi connectivity index (χ3n) is 12.2. The van der Waals surface area contributed by atoms with Crippen molar-refractivity contribution in [3.63, 3.8) is 0 Å². The first kappa shape index (κ1) is 33.1. The monoisotopic (exact) mass is 769 g/mol. The molecule has 9 aromatic carbocycles. The maximum absolute atomic E-state index is 7.02. The highest BCUT2D eigenvalue weighted by Gasteiger charge is 2.41. The maximum Gasteiger partial charge on any atom is 0.260 e. The van der Waals surface area contributed by atoms with E-state index in [2.05, 4.69) is 163 Å². The fourth-order valence-electron chi connectivity index (χ4n) is 9.38. The van der Waals surface area contributed by atoms with Crippen molar-refractivity contribution in [1.82, 2.24) is 0 Å². The number of para-hydroxylation sites is 4. The third kappa shape index (κ3) is 5.07. The van der Waals surface area contributed by atoms with Crippen LogP contribution in [0, 0.1) is 0 Å². The number of ether oxygens (including phenoxy) is 2. The fourth-order valence-corrected chi connectivity index (χ4v) is 9.38. The predicted molar refractivity (Wildman–Crippen MR) is 244 cm³/mol. The number of rotatable bonds is 5. The van der Waals surface area contributed by atoms with Gasteiger partial charge in [-0.1, -0.05) is 109 Å². The van der Waals surface area contributed by atoms with Crippen LogP contribution in [0.15, 0.2) is 203 Å². The number of nitrogens with zero attached hydrogens (tertiary/aromatic N) is 1. The summed E-state index contributed by atoms with van der Waals surface area (Å²) in [6.07, 6.45) is 0. The van der Waals surface area contributed by atoms with Crippen LogP contribution in [0.5, 0.6) is 23.0 Å². The van der Waals surface area contributed by atoms with Crippen LogP contribution in [0.4, 0.5) is 17.1 Å². The highest BCUT2D eigenvalue weighted by Crippen LogP contribution is 2.44. The molecule has 11 aromatic rings. The van der Waals surface area contributed by atoms with E-state index in [0.29, 0.717) is 0 Å². The Balaban J connectivity index is 0.976. The minimum atomic E-state index is -0.114. The highest BCUT2D eigenvalue weighted by molar-refractivity contribution is 6.98. The lowest BCUT2D eigenvalue weighted by molar-refractivity contribution is 0.465. The lowest BCUT2D eigenvalue weighted by Gasteiger charge is -2.35. The Labute approximate surface area is 345 Å². The van der Waals surface area contributed by atoms with E-state index in [1.807, 2.05) is 36.4 Å². The topological polar surface area (TPSA) is 48.0 Å². The van der Waals surface area contributed by atoms with E-state index in [1.165, 1.54) is 0 Å². The van der Waals surface area contributed by atoms with Crippen molar-refractivity contribution in [2.24, 2.45) is 0 Å². The Morgan fingerprint density at radius 3 is 1.23 bits per heavy atom. The molecule has 0 saturated carbocycles. The summed E-state index contributed by atoms with van der Waals surface area (Å²) < 4.78 is 26.6. The summed E-state index contributed by atoms with van der Waals surface area (Å²) >= 11 is 0. The Morgan fingerprint density at radius 2 is 0.733 bits per heavy atom. The highest BCUT2D eigenvalue weighted by atomic mass is 16.5. The van der Waals surface area contributed by atoms with E-state index in [4.69, 9.17) is 18.3 Å². The molecule has 2 aliphatic rings. The van der Waals surface area contributed by atoms with E-state index in [0.717, 1.165) is 123 Å². The van der Waals surface area contributed by atoms with Crippen LogP contribution in [0.3, 0.4) is 0 Å². The van der Waals surface area contributed by atoms with Crippen LogP contribution in [-0.2, 0) is 0 Å². The molecule has 0 saturated heterocycles. The standard InChI is InChI=1S/C54H32BNO4/c1-3-11-37(12-4-1)56(38-13-5-2-6-14-38)39-31-52-54-53(32-39)60-51-30-36(34-20-24-43-41-16-8-10-18-47(41)58-49(43)28-34)22-26-45(51)55(54)44-25-21-35(29-50(44)59-52)33-19-23-42-40-15-7-9-17-46(40)57-48(42)27-33/h1-32H. The number of hydrogen-bond donors (Lipinski definition) is 0. The lowest BCUT2D eigenvalue weighted by Crippen LogP contribution is -2.57. The van der Waals surface area contributed by atoms with E-state index >= 15 is 0 Å². The molecule has 60 heavy (non-hydrogen) atoms. The second-order valence-corrected chi connectivity index (χ2v) is 15.6.